The van der Waals surface area contributed by atoms with Crippen LogP contribution < -0.4 is 5.32 Å². The van der Waals surface area contributed by atoms with Crippen LogP contribution in [0, 0.1) is 6.92 Å². The minimum atomic E-state index is -0.289. The van der Waals surface area contributed by atoms with Gasteiger partial charge in [0.05, 0.1) is 11.1 Å². The van der Waals surface area contributed by atoms with Crippen molar-refractivity contribution in [3.63, 3.8) is 0 Å². The third-order valence-corrected chi connectivity index (χ3v) is 3.95. The smallest absolute Gasteiger partial charge is 0.257 e. The summed E-state index contributed by atoms with van der Waals surface area (Å²) in [6, 6.07) is 13.8. The Morgan fingerprint density at radius 2 is 2.04 bits per heavy atom. The van der Waals surface area contributed by atoms with Gasteiger partial charge in [-0.1, -0.05) is 6.07 Å². The first kappa shape index (κ1) is 15.8. The molecule has 0 fully saturated rings. The van der Waals surface area contributed by atoms with Gasteiger partial charge < -0.3 is 14.8 Å². The fraction of sp³-hybridized carbons (Fsp3) is 0.0500. The van der Waals surface area contributed by atoms with Crippen LogP contribution in [0.2, 0.25) is 0 Å². The predicted octanol–water partition coefficient (Wildman–Crippen LogP) is 4.16. The molecule has 0 aliphatic carbocycles. The number of aromatic hydroxyl groups is 1. The molecule has 0 aliphatic heterocycles. The topological polar surface area (TPSA) is 88.2 Å². The first-order valence-corrected chi connectivity index (χ1v) is 8.02. The van der Waals surface area contributed by atoms with E-state index in [-0.39, 0.29) is 11.7 Å². The standard InChI is InChI=1S/C20H15N3O3/c1-12-4-7-18-16(9-12)23-20(26-18)15-10-14(5-6-17(15)24)22-19(25)13-3-2-8-21-11-13/h2-11,24H,1H3,(H,22,25). The van der Waals surface area contributed by atoms with Crippen LogP contribution >= 0.6 is 0 Å². The van der Waals surface area contributed by atoms with E-state index in [0.29, 0.717) is 33.8 Å². The highest BCUT2D eigenvalue weighted by molar-refractivity contribution is 6.04. The summed E-state index contributed by atoms with van der Waals surface area (Å²) < 4.78 is 5.74. The summed E-state index contributed by atoms with van der Waals surface area (Å²) in [6.45, 7) is 1.97. The van der Waals surface area contributed by atoms with E-state index in [4.69, 9.17) is 4.42 Å². The molecule has 0 saturated carbocycles. The van der Waals surface area contributed by atoms with Crippen LogP contribution in [0.15, 0.2) is 65.3 Å². The number of aromatic nitrogens is 2. The fourth-order valence-corrected chi connectivity index (χ4v) is 2.64. The number of phenols is 1. The van der Waals surface area contributed by atoms with Gasteiger partial charge in [-0.15, -0.1) is 0 Å². The average molecular weight is 345 g/mol. The van der Waals surface area contributed by atoms with Gasteiger partial charge in [0.25, 0.3) is 5.91 Å². The number of phenolic OH excluding ortho intramolecular Hbond substituents is 1. The lowest BCUT2D eigenvalue weighted by molar-refractivity contribution is 0.102. The van der Waals surface area contributed by atoms with E-state index in [1.807, 2.05) is 25.1 Å². The van der Waals surface area contributed by atoms with Crippen LogP contribution in [0.3, 0.4) is 0 Å². The van der Waals surface area contributed by atoms with Gasteiger partial charge in [-0.25, -0.2) is 4.98 Å². The SMILES string of the molecule is Cc1ccc2oc(-c3cc(NC(=O)c4cccnc4)ccc3O)nc2c1. The maximum Gasteiger partial charge on any atom is 0.257 e. The van der Waals surface area contributed by atoms with Crippen LogP contribution in [-0.4, -0.2) is 21.0 Å². The molecule has 2 aromatic carbocycles. The summed E-state index contributed by atoms with van der Waals surface area (Å²) in [5.41, 5.74) is 3.78. The highest BCUT2D eigenvalue weighted by Gasteiger charge is 2.14. The molecule has 26 heavy (non-hydrogen) atoms. The van der Waals surface area contributed by atoms with Gasteiger partial charge >= 0.3 is 0 Å². The van der Waals surface area contributed by atoms with Crippen LogP contribution in [-0.2, 0) is 0 Å². The van der Waals surface area contributed by atoms with E-state index in [9.17, 15) is 9.90 Å². The Morgan fingerprint density at radius 1 is 1.15 bits per heavy atom. The van der Waals surface area contributed by atoms with Crippen molar-refractivity contribution in [2.75, 3.05) is 5.32 Å². The largest absolute Gasteiger partial charge is 0.507 e. The molecule has 4 aromatic rings. The van der Waals surface area contributed by atoms with Gasteiger partial charge in [0, 0.05) is 18.1 Å². The first-order chi connectivity index (χ1) is 12.6. The molecular formula is C20H15N3O3. The van der Waals surface area contributed by atoms with E-state index >= 15 is 0 Å². The van der Waals surface area contributed by atoms with Gasteiger partial charge in [0.2, 0.25) is 5.89 Å². The number of benzene rings is 2. The Bertz CT molecular complexity index is 1100. The molecule has 0 aliphatic rings. The number of hydrogen-bond acceptors (Lipinski definition) is 5. The first-order valence-electron chi connectivity index (χ1n) is 8.02. The third kappa shape index (κ3) is 3.00. The Hall–Kier alpha value is -3.67. The lowest BCUT2D eigenvalue weighted by Crippen LogP contribution is -2.11. The number of anilines is 1. The van der Waals surface area contributed by atoms with Crippen molar-refractivity contribution in [2.45, 2.75) is 6.92 Å². The Morgan fingerprint density at radius 3 is 2.85 bits per heavy atom. The molecule has 6 heteroatoms. The molecule has 0 radical (unpaired) electrons. The Kier molecular flexibility index (Phi) is 3.85. The zero-order valence-corrected chi connectivity index (χ0v) is 13.9. The number of nitrogens with one attached hydrogen (secondary N) is 1. The quantitative estimate of drug-likeness (QED) is 0.544. The summed E-state index contributed by atoms with van der Waals surface area (Å²) in [7, 11) is 0. The highest BCUT2D eigenvalue weighted by Crippen LogP contribution is 2.33. The minimum absolute atomic E-state index is 0.0210. The van der Waals surface area contributed by atoms with Crippen molar-refractivity contribution in [1.29, 1.82) is 0 Å². The number of carbonyl (C=O) groups excluding carboxylic acids is 1. The van der Waals surface area contributed by atoms with Crippen molar-refractivity contribution < 1.29 is 14.3 Å². The van der Waals surface area contributed by atoms with E-state index < -0.39 is 0 Å². The minimum Gasteiger partial charge on any atom is -0.507 e. The molecule has 6 nitrogen and oxygen atoms in total. The second kappa shape index (κ2) is 6.33. The molecule has 0 atom stereocenters. The zero-order chi connectivity index (χ0) is 18.1. The zero-order valence-electron chi connectivity index (χ0n) is 13.9. The predicted molar refractivity (Wildman–Crippen MR) is 98.0 cm³/mol. The molecule has 2 aromatic heterocycles. The van der Waals surface area contributed by atoms with Crippen molar-refractivity contribution >= 4 is 22.7 Å². The van der Waals surface area contributed by atoms with Crippen LogP contribution in [0.5, 0.6) is 5.75 Å². The normalized spacial score (nSPS) is 10.8. The third-order valence-electron chi connectivity index (χ3n) is 3.95. The lowest BCUT2D eigenvalue weighted by Gasteiger charge is -2.07. The van der Waals surface area contributed by atoms with Crippen LogP contribution in [0.25, 0.3) is 22.6 Å². The van der Waals surface area contributed by atoms with Crippen molar-refractivity contribution in [3.05, 3.63) is 72.1 Å². The molecular weight excluding hydrogens is 330 g/mol. The highest BCUT2D eigenvalue weighted by atomic mass is 16.3. The lowest BCUT2D eigenvalue weighted by atomic mass is 10.1. The summed E-state index contributed by atoms with van der Waals surface area (Å²) in [5.74, 6) is 0.0242. The second-order valence-electron chi connectivity index (χ2n) is 5.92. The molecule has 0 saturated heterocycles. The van der Waals surface area contributed by atoms with Crippen LogP contribution in [0.1, 0.15) is 15.9 Å². The molecule has 2 heterocycles. The summed E-state index contributed by atoms with van der Waals surface area (Å²) in [4.78, 5) is 20.6. The van der Waals surface area contributed by atoms with E-state index in [1.54, 1.807) is 30.5 Å². The van der Waals surface area contributed by atoms with E-state index in [0.717, 1.165) is 5.56 Å². The summed E-state index contributed by atoms with van der Waals surface area (Å²) >= 11 is 0. The summed E-state index contributed by atoms with van der Waals surface area (Å²) in [5, 5.41) is 13.0. The Balaban J connectivity index is 1.68. The number of amides is 1. The monoisotopic (exact) mass is 345 g/mol. The number of aryl methyl sites for hydroxylation is 1. The molecule has 128 valence electrons. The van der Waals surface area contributed by atoms with E-state index in [2.05, 4.69) is 15.3 Å². The van der Waals surface area contributed by atoms with Crippen molar-refractivity contribution in [3.8, 4) is 17.2 Å². The Labute approximate surface area is 149 Å². The summed E-state index contributed by atoms with van der Waals surface area (Å²) in [6.07, 6.45) is 3.09. The van der Waals surface area contributed by atoms with Gasteiger partial charge in [-0.2, -0.15) is 0 Å². The maximum atomic E-state index is 12.3. The molecule has 0 spiro atoms. The van der Waals surface area contributed by atoms with Crippen molar-refractivity contribution in [1.82, 2.24) is 9.97 Å². The fourth-order valence-electron chi connectivity index (χ4n) is 2.64. The van der Waals surface area contributed by atoms with E-state index in [1.165, 1.54) is 12.3 Å². The van der Waals surface area contributed by atoms with Gasteiger partial charge in [0.15, 0.2) is 5.58 Å². The van der Waals surface area contributed by atoms with Gasteiger partial charge in [-0.05, 0) is 55.0 Å². The second-order valence-corrected chi connectivity index (χ2v) is 5.92. The van der Waals surface area contributed by atoms with Gasteiger partial charge in [0.1, 0.15) is 11.3 Å². The van der Waals surface area contributed by atoms with Gasteiger partial charge in [-0.3, -0.25) is 9.78 Å². The van der Waals surface area contributed by atoms with Crippen LogP contribution in [0.4, 0.5) is 5.69 Å². The van der Waals surface area contributed by atoms with Crippen molar-refractivity contribution in [2.24, 2.45) is 0 Å². The molecule has 2 N–H and O–H groups in total. The number of carbonyl (C=O) groups is 1. The molecule has 0 unspecified atom stereocenters. The number of hydrogen-bond donors (Lipinski definition) is 2. The number of oxazole rings is 1. The number of pyridine rings is 1. The number of fused-ring (bicyclic) bond motifs is 1. The number of nitrogens with zero attached hydrogens (tertiary/aromatic N) is 2. The maximum absolute atomic E-state index is 12.3. The number of rotatable bonds is 3. The molecule has 1 amide bonds. The average Bonchev–Trinajstić information content (AvgIpc) is 3.07. The molecule has 0 bridgehead atoms. The molecule has 4 rings (SSSR count).